The van der Waals surface area contributed by atoms with Crippen LogP contribution in [0.2, 0.25) is 0 Å². The number of likely N-dealkylation sites (N-methyl/N-ethyl adjacent to an activating group) is 1. The van der Waals surface area contributed by atoms with Gasteiger partial charge in [0.1, 0.15) is 0 Å². The van der Waals surface area contributed by atoms with Crippen LogP contribution in [0.3, 0.4) is 0 Å². The number of aliphatic hydroxyl groups is 1. The van der Waals surface area contributed by atoms with Crippen molar-refractivity contribution in [1.82, 2.24) is 0 Å². The van der Waals surface area contributed by atoms with E-state index in [0.717, 1.165) is 16.9 Å². The minimum absolute atomic E-state index is 0. The molecule has 0 spiro atoms. The first-order chi connectivity index (χ1) is 14.0. The van der Waals surface area contributed by atoms with E-state index in [1.54, 1.807) is 18.3 Å². The number of carbonyl (C=O) groups is 1. The summed E-state index contributed by atoms with van der Waals surface area (Å²) in [5.41, 5.74) is 3.49. The zero-order valence-electron chi connectivity index (χ0n) is 17.2. The Morgan fingerprint density at radius 3 is 2.53 bits per heavy atom. The second-order valence-corrected chi connectivity index (χ2v) is 7.09. The van der Waals surface area contributed by atoms with E-state index in [4.69, 9.17) is 4.74 Å². The van der Waals surface area contributed by atoms with Crippen LogP contribution in [-0.2, 0) is 31.7 Å². The summed E-state index contributed by atoms with van der Waals surface area (Å²) in [7, 11) is 3.40. The number of para-hydroxylation sites is 1. The monoisotopic (exact) mass is 450 g/mol. The molecule has 1 atom stereocenters. The number of hydrogen-bond acceptors (Lipinski definition) is 5. The van der Waals surface area contributed by atoms with Crippen molar-refractivity contribution in [3.8, 4) is 0 Å². The van der Waals surface area contributed by atoms with Crippen LogP contribution in [0.15, 0.2) is 76.6 Å². The van der Waals surface area contributed by atoms with Gasteiger partial charge in [-0.05, 0) is 43.2 Å². The molecule has 0 fully saturated rings. The van der Waals surface area contributed by atoms with Crippen LogP contribution in [0.4, 0.5) is 5.69 Å². The third kappa shape index (κ3) is 4.80. The zero-order valence-corrected chi connectivity index (χ0v) is 18.2. The molecular formula is C23H25CoN3O3. The van der Waals surface area contributed by atoms with Crippen molar-refractivity contribution >= 4 is 23.8 Å². The van der Waals surface area contributed by atoms with Crippen LogP contribution in [0.1, 0.15) is 30.9 Å². The number of benzene rings is 2. The third-order valence-electron chi connectivity index (χ3n) is 5.33. The Morgan fingerprint density at radius 1 is 1.17 bits per heavy atom. The van der Waals surface area contributed by atoms with Crippen molar-refractivity contribution in [3.63, 3.8) is 0 Å². The number of fused-ring (bicyclic) bond motifs is 1. The summed E-state index contributed by atoms with van der Waals surface area (Å²) in [5.74, 6) is -0.375. The molecule has 1 aliphatic rings. The van der Waals surface area contributed by atoms with Crippen LogP contribution < -0.4 is 4.90 Å². The van der Waals surface area contributed by atoms with Gasteiger partial charge in [-0.15, -0.1) is 5.10 Å². The maximum atomic E-state index is 11.8. The van der Waals surface area contributed by atoms with E-state index < -0.39 is 0 Å². The molecule has 0 saturated carbocycles. The summed E-state index contributed by atoms with van der Waals surface area (Å²) in [5, 5.41) is 17.9. The van der Waals surface area contributed by atoms with Crippen molar-refractivity contribution in [1.29, 1.82) is 0 Å². The number of methoxy groups -OCH3 is 1. The molecule has 0 amide bonds. The summed E-state index contributed by atoms with van der Waals surface area (Å²) in [6.45, 7) is 2.11. The predicted octanol–water partition coefficient (Wildman–Crippen LogP) is 4.22. The van der Waals surface area contributed by atoms with Gasteiger partial charge in [-0.1, -0.05) is 36.4 Å². The van der Waals surface area contributed by atoms with Crippen LogP contribution in [-0.4, -0.2) is 37.3 Å². The van der Waals surface area contributed by atoms with E-state index in [1.807, 2.05) is 43.5 Å². The van der Waals surface area contributed by atoms with E-state index in [0.29, 0.717) is 18.4 Å². The standard InChI is InChI=1S/C23H25N3O3.Co/c1-23(15-13-21(27)29-3)18-11-7-8-12-19(18)26(2)20(23)14-16-24-25-22(28)17-9-5-4-6-10-17;/h4-12,14,16H,13,15H2,1-3H3,(H,25,28);/b20-14-,24-16+;. The fourth-order valence-electron chi connectivity index (χ4n) is 3.72. The number of hydrogen-bond donors (Lipinski definition) is 1. The van der Waals surface area contributed by atoms with Gasteiger partial charge >= 0.3 is 5.97 Å². The van der Waals surface area contributed by atoms with Crippen LogP contribution in [0, 0.1) is 0 Å². The van der Waals surface area contributed by atoms with Crippen LogP contribution >= 0.6 is 0 Å². The number of allylic oxidation sites excluding steroid dienone is 2. The molecule has 0 aromatic heterocycles. The quantitative estimate of drug-likeness (QED) is 0.310. The largest absolute Gasteiger partial charge is 0.492 e. The Balaban J connectivity index is 0.00000320. The summed E-state index contributed by atoms with van der Waals surface area (Å²) < 4.78 is 4.83. The molecule has 1 N–H and O–H groups in total. The summed E-state index contributed by atoms with van der Waals surface area (Å²) in [6.07, 6.45) is 4.36. The van der Waals surface area contributed by atoms with Crippen molar-refractivity contribution in [2.24, 2.45) is 10.2 Å². The van der Waals surface area contributed by atoms with Crippen molar-refractivity contribution in [2.45, 2.75) is 25.2 Å². The Hall–Kier alpha value is -2.90. The minimum Gasteiger partial charge on any atom is -0.492 e. The fraction of sp³-hybridized carbons (Fsp3) is 0.261. The van der Waals surface area contributed by atoms with Crippen LogP contribution in [0.25, 0.3) is 0 Å². The molecular weight excluding hydrogens is 425 g/mol. The molecule has 3 rings (SSSR count). The summed E-state index contributed by atoms with van der Waals surface area (Å²) in [4.78, 5) is 13.9. The zero-order chi connectivity index (χ0) is 20.9. The van der Waals surface area contributed by atoms with Crippen molar-refractivity contribution in [3.05, 3.63) is 77.5 Å². The van der Waals surface area contributed by atoms with Gasteiger partial charge in [0.2, 0.25) is 5.90 Å². The first-order valence-electron chi connectivity index (χ1n) is 9.43. The maximum Gasteiger partial charge on any atom is 0.305 e. The Morgan fingerprint density at radius 2 is 1.83 bits per heavy atom. The molecule has 1 radical (unpaired) electrons. The molecule has 0 saturated heterocycles. The number of esters is 1. The van der Waals surface area contributed by atoms with Crippen molar-refractivity contribution < 1.29 is 31.4 Å². The van der Waals surface area contributed by atoms with E-state index in [1.165, 1.54) is 7.11 Å². The van der Waals surface area contributed by atoms with Gasteiger partial charge in [0.15, 0.2) is 0 Å². The molecule has 159 valence electrons. The minimum atomic E-state index is -0.364. The topological polar surface area (TPSA) is 74.5 Å². The molecule has 0 aliphatic carbocycles. The molecule has 30 heavy (non-hydrogen) atoms. The van der Waals surface area contributed by atoms with Gasteiger partial charge < -0.3 is 14.7 Å². The molecule has 1 heterocycles. The Kier molecular flexibility index (Phi) is 7.97. The average molecular weight is 450 g/mol. The number of nitrogens with zero attached hydrogens (tertiary/aromatic N) is 3. The average Bonchev–Trinajstić information content (AvgIpc) is 2.97. The first-order valence-corrected chi connectivity index (χ1v) is 9.43. The Labute approximate surface area is 187 Å². The molecule has 2 aromatic rings. The van der Waals surface area contributed by atoms with Gasteiger partial charge in [0.05, 0.1) is 13.3 Å². The summed E-state index contributed by atoms with van der Waals surface area (Å²) in [6, 6.07) is 17.2. The van der Waals surface area contributed by atoms with Gasteiger partial charge in [0.25, 0.3) is 0 Å². The van der Waals surface area contributed by atoms with E-state index >= 15 is 0 Å². The summed E-state index contributed by atoms with van der Waals surface area (Å²) >= 11 is 0. The second-order valence-electron chi connectivity index (χ2n) is 7.09. The number of anilines is 1. The van der Waals surface area contributed by atoms with Gasteiger partial charge in [0, 0.05) is 52.6 Å². The molecule has 1 unspecified atom stereocenters. The maximum absolute atomic E-state index is 11.8. The molecule has 7 heteroatoms. The number of ether oxygens (including phenoxy) is 1. The molecule has 1 aliphatic heterocycles. The number of aliphatic hydroxyl groups excluding tert-OH is 1. The number of rotatable bonds is 6. The third-order valence-corrected chi connectivity index (χ3v) is 5.33. The second kappa shape index (κ2) is 10.2. The SMILES string of the molecule is COC(=O)CCC1(C)/C(=C/C=N/N=C(\O)c2ccccc2)N(C)c2ccccc21.[Co]. The van der Waals surface area contributed by atoms with Gasteiger partial charge in [-0.3, -0.25) is 4.79 Å². The van der Waals surface area contributed by atoms with Gasteiger partial charge in [-0.2, -0.15) is 5.10 Å². The van der Waals surface area contributed by atoms with E-state index in [2.05, 4.69) is 34.2 Å². The first kappa shape index (κ1) is 23.4. The van der Waals surface area contributed by atoms with E-state index in [9.17, 15) is 9.90 Å². The fourth-order valence-corrected chi connectivity index (χ4v) is 3.72. The molecule has 2 aromatic carbocycles. The number of carbonyl (C=O) groups excluding carboxylic acids is 1. The normalized spacial score (nSPS) is 19.6. The van der Waals surface area contributed by atoms with E-state index in [-0.39, 0.29) is 34.1 Å². The van der Waals surface area contributed by atoms with Gasteiger partial charge in [-0.25, -0.2) is 0 Å². The smallest absolute Gasteiger partial charge is 0.305 e. The van der Waals surface area contributed by atoms with Crippen molar-refractivity contribution in [2.75, 3.05) is 19.1 Å². The predicted molar refractivity (Wildman–Crippen MR) is 116 cm³/mol. The Bertz CT molecular complexity index is 973. The molecule has 6 nitrogen and oxygen atoms in total. The molecule has 0 bridgehead atoms. The van der Waals surface area contributed by atoms with Crippen LogP contribution in [0.5, 0.6) is 0 Å².